The van der Waals surface area contributed by atoms with E-state index in [1.165, 1.54) is 30.3 Å². The van der Waals surface area contributed by atoms with Crippen molar-refractivity contribution in [3.05, 3.63) is 30.6 Å². The van der Waals surface area contributed by atoms with Gasteiger partial charge in [-0.05, 0) is 42.9 Å². The highest BCUT2D eigenvalue weighted by molar-refractivity contribution is 6.00. The van der Waals surface area contributed by atoms with Gasteiger partial charge in [-0.3, -0.25) is 4.98 Å². The summed E-state index contributed by atoms with van der Waals surface area (Å²) in [7, 11) is 0. The van der Waals surface area contributed by atoms with E-state index in [9.17, 15) is 0 Å². The van der Waals surface area contributed by atoms with Crippen molar-refractivity contribution in [2.45, 2.75) is 39.2 Å². The van der Waals surface area contributed by atoms with Gasteiger partial charge in [0.15, 0.2) is 0 Å². The van der Waals surface area contributed by atoms with E-state index in [0.717, 1.165) is 11.1 Å². The number of rotatable bonds is 2. The van der Waals surface area contributed by atoms with E-state index in [4.69, 9.17) is 5.73 Å². The molecule has 3 N–H and O–H groups in total. The van der Waals surface area contributed by atoms with Crippen LogP contribution in [0.3, 0.4) is 0 Å². The van der Waals surface area contributed by atoms with E-state index < -0.39 is 0 Å². The molecule has 0 radical (unpaired) electrons. The van der Waals surface area contributed by atoms with Gasteiger partial charge < -0.3 is 11.1 Å². The molecule has 1 fully saturated rings. The number of hydrogen-bond donors (Lipinski definition) is 2. The van der Waals surface area contributed by atoms with Crippen molar-refractivity contribution in [1.29, 1.82) is 0 Å². The summed E-state index contributed by atoms with van der Waals surface area (Å²) in [5.41, 5.74) is 8.44. The van der Waals surface area contributed by atoms with Crippen LogP contribution in [0.5, 0.6) is 0 Å². The van der Waals surface area contributed by atoms with Crippen LogP contribution >= 0.6 is 0 Å². The van der Waals surface area contributed by atoms with Crippen LogP contribution in [-0.4, -0.2) is 11.0 Å². The summed E-state index contributed by atoms with van der Waals surface area (Å²) in [5, 5.41) is 5.88. The highest BCUT2D eigenvalue weighted by Gasteiger charge is 2.30. The van der Waals surface area contributed by atoms with E-state index in [0.29, 0.717) is 11.5 Å². The molecule has 1 aliphatic carbocycles. The minimum atomic E-state index is 0.461. The number of nitrogens with zero attached hydrogens (tertiary/aromatic N) is 1. The first-order chi connectivity index (χ1) is 9.05. The van der Waals surface area contributed by atoms with Crippen LogP contribution in [-0.2, 0) is 0 Å². The molecule has 100 valence electrons. The molecule has 1 aromatic carbocycles. The maximum absolute atomic E-state index is 6.01. The lowest BCUT2D eigenvalue weighted by atomic mass is 9.92. The number of benzene rings is 1. The topological polar surface area (TPSA) is 50.9 Å². The van der Waals surface area contributed by atoms with Crippen molar-refractivity contribution in [3.63, 3.8) is 0 Å². The fraction of sp³-hybridized carbons (Fsp3) is 0.438. The van der Waals surface area contributed by atoms with Crippen LogP contribution in [0.1, 0.15) is 33.1 Å². The Kier molecular flexibility index (Phi) is 2.85. The van der Waals surface area contributed by atoms with Crippen molar-refractivity contribution in [2.24, 2.45) is 5.41 Å². The number of fused-ring (bicyclic) bond motifs is 1. The average molecular weight is 255 g/mol. The normalized spacial score (nSPS) is 21.7. The number of aromatic nitrogens is 1. The van der Waals surface area contributed by atoms with Crippen LogP contribution in [0, 0.1) is 5.41 Å². The second-order valence-electron chi connectivity index (χ2n) is 6.37. The molecule has 1 unspecified atom stereocenters. The van der Waals surface area contributed by atoms with Gasteiger partial charge in [-0.1, -0.05) is 13.8 Å². The summed E-state index contributed by atoms with van der Waals surface area (Å²) in [4.78, 5) is 4.16. The molecular weight excluding hydrogens is 234 g/mol. The first kappa shape index (κ1) is 12.3. The quantitative estimate of drug-likeness (QED) is 0.802. The fourth-order valence-electron chi connectivity index (χ4n) is 3.12. The van der Waals surface area contributed by atoms with E-state index in [2.05, 4.69) is 30.2 Å². The zero-order valence-corrected chi connectivity index (χ0v) is 11.6. The van der Waals surface area contributed by atoms with Crippen molar-refractivity contribution < 1.29 is 0 Å². The lowest BCUT2D eigenvalue weighted by molar-refractivity contribution is 0.378. The average Bonchev–Trinajstić information content (AvgIpc) is 2.73. The summed E-state index contributed by atoms with van der Waals surface area (Å²) in [6, 6.07) is 6.65. The second-order valence-corrected chi connectivity index (χ2v) is 6.37. The largest absolute Gasteiger partial charge is 0.398 e. The number of nitrogens with one attached hydrogen (secondary N) is 1. The standard InChI is InChI=1S/C16H21N3/c1-16(2)7-5-11(9-16)19-15-4-3-14(17)13-10-18-8-6-12(13)15/h3-4,6,8,10-11,19H,5,7,9,17H2,1-2H3. The molecule has 2 aromatic rings. The second kappa shape index (κ2) is 4.41. The molecule has 1 heterocycles. The van der Waals surface area contributed by atoms with Crippen LogP contribution in [0.15, 0.2) is 30.6 Å². The van der Waals surface area contributed by atoms with Crippen LogP contribution in [0.2, 0.25) is 0 Å². The van der Waals surface area contributed by atoms with Gasteiger partial charge in [0.1, 0.15) is 0 Å². The molecule has 1 saturated carbocycles. The molecule has 0 saturated heterocycles. The Morgan fingerprint density at radius 3 is 2.84 bits per heavy atom. The molecule has 0 aliphatic heterocycles. The number of pyridine rings is 1. The van der Waals surface area contributed by atoms with Gasteiger partial charge in [-0.25, -0.2) is 0 Å². The Balaban J connectivity index is 1.92. The Bertz CT molecular complexity index is 604. The number of nitrogens with two attached hydrogens (primary N) is 1. The third kappa shape index (κ3) is 2.37. The summed E-state index contributed by atoms with van der Waals surface area (Å²) >= 11 is 0. The maximum Gasteiger partial charge on any atom is 0.0424 e. The van der Waals surface area contributed by atoms with E-state index in [-0.39, 0.29) is 0 Å². The molecule has 1 atom stereocenters. The van der Waals surface area contributed by atoms with Crippen molar-refractivity contribution >= 4 is 22.1 Å². The molecule has 0 bridgehead atoms. The van der Waals surface area contributed by atoms with Crippen molar-refractivity contribution in [2.75, 3.05) is 11.1 Å². The Hall–Kier alpha value is -1.77. The Labute approximate surface area is 114 Å². The van der Waals surface area contributed by atoms with Gasteiger partial charge in [0.25, 0.3) is 0 Å². The van der Waals surface area contributed by atoms with E-state index in [1.54, 1.807) is 0 Å². The van der Waals surface area contributed by atoms with Crippen LogP contribution in [0.4, 0.5) is 11.4 Å². The lowest BCUT2D eigenvalue weighted by Crippen LogP contribution is -2.17. The van der Waals surface area contributed by atoms with E-state index >= 15 is 0 Å². The highest BCUT2D eigenvalue weighted by atomic mass is 14.9. The third-order valence-corrected chi connectivity index (χ3v) is 4.18. The minimum Gasteiger partial charge on any atom is -0.398 e. The predicted octanol–water partition coefficient (Wildman–Crippen LogP) is 3.81. The third-order valence-electron chi connectivity index (χ3n) is 4.18. The van der Waals surface area contributed by atoms with Gasteiger partial charge in [0.2, 0.25) is 0 Å². The van der Waals surface area contributed by atoms with Gasteiger partial charge in [-0.2, -0.15) is 0 Å². The SMILES string of the molecule is CC1(C)CCC(Nc2ccc(N)c3cnccc23)C1. The molecule has 1 aromatic heterocycles. The van der Waals surface area contributed by atoms with Gasteiger partial charge in [0, 0.05) is 40.6 Å². The molecule has 3 rings (SSSR count). The zero-order chi connectivity index (χ0) is 13.5. The molecule has 19 heavy (non-hydrogen) atoms. The summed E-state index contributed by atoms with van der Waals surface area (Å²) in [6.07, 6.45) is 7.42. The molecule has 3 heteroatoms. The van der Waals surface area contributed by atoms with Gasteiger partial charge in [0.05, 0.1) is 0 Å². The molecule has 0 amide bonds. The minimum absolute atomic E-state index is 0.461. The first-order valence-electron chi connectivity index (χ1n) is 6.94. The summed E-state index contributed by atoms with van der Waals surface area (Å²) in [6.45, 7) is 4.69. The lowest BCUT2D eigenvalue weighted by Gasteiger charge is -2.19. The molecular formula is C16H21N3. The molecule has 1 aliphatic rings. The smallest absolute Gasteiger partial charge is 0.0424 e. The fourth-order valence-corrected chi connectivity index (χ4v) is 3.12. The maximum atomic E-state index is 6.01. The Morgan fingerprint density at radius 2 is 2.11 bits per heavy atom. The number of hydrogen-bond acceptors (Lipinski definition) is 3. The first-order valence-corrected chi connectivity index (χ1v) is 6.94. The van der Waals surface area contributed by atoms with Gasteiger partial charge in [-0.15, -0.1) is 0 Å². The Morgan fingerprint density at radius 1 is 1.26 bits per heavy atom. The predicted molar refractivity (Wildman–Crippen MR) is 81.2 cm³/mol. The number of nitrogen functional groups attached to an aromatic ring is 1. The zero-order valence-electron chi connectivity index (χ0n) is 11.6. The van der Waals surface area contributed by atoms with Crippen molar-refractivity contribution in [3.8, 4) is 0 Å². The van der Waals surface area contributed by atoms with Crippen LogP contribution in [0.25, 0.3) is 10.8 Å². The van der Waals surface area contributed by atoms with E-state index in [1.807, 2.05) is 24.5 Å². The van der Waals surface area contributed by atoms with Crippen LogP contribution < -0.4 is 11.1 Å². The monoisotopic (exact) mass is 255 g/mol. The highest BCUT2D eigenvalue weighted by Crippen LogP contribution is 2.39. The summed E-state index contributed by atoms with van der Waals surface area (Å²) < 4.78 is 0. The van der Waals surface area contributed by atoms with Crippen molar-refractivity contribution in [1.82, 2.24) is 4.98 Å². The number of anilines is 2. The molecule has 0 spiro atoms. The summed E-state index contributed by atoms with van der Waals surface area (Å²) in [5.74, 6) is 0. The van der Waals surface area contributed by atoms with Gasteiger partial charge >= 0.3 is 0 Å². The molecule has 3 nitrogen and oxygen atoms in total.